The van der Waals surface area contributed by atoms with Crippen LogP contribution in [0.5, 0.6) is 0 Å². The van der Waals surface area contributed by atoms with Crippen LogP contribution in [0, 0.1) is 5.41 Å². The number of carbonyl (C=O) groups is 2. The van der Waals surface area contributed by atoms with Crippen molar-refractivity contribution < 1.29 is 14.3 Å². The molecule has 0 saturated carbocycles. The van der Waals surface area contributed by atoms with Gasteiger partial charge in [0.2, 0.25) is 5.91 Å². The number of likely N-dealkylation sites (N-methyl/N-ethyl adjacent to an activating group) is 1. The molecule has 1 spiro atoms. The molecule has 0 N–H and O–H groups in total. The summed E-state index contributed by atoms with van der Waals surface area (Å²) in [6.45, 7) is 4.23. The van der Waals surface area contributed by atoms with Crippen LogP contribution in [0.3, 0.4) is 0 Å². The predicted molar refractivity (Wildman–Crippen MR) is 105 cm³/mol. The molecule has 146 valence electrons. The van der Waals surface area contributed by atoms with Crippen LogP contribution in [-0.4, -0.2) is 50.1 Å². The number of nitrogens with zero attached hydrogens (tertiary/aromatic N) is 2. The Kier molecular flexibility index (Phi) is 4.53. The number of methoxy groups -OCH3 is 1. The van der Waals surface area contributed by atoms with Gasteiger partial charge in [-0.15, -0.1) is 0 Å². The van der Waals surface area contributed by atoms with E-state index < -0.39 is 5.41 Å². The fraction of sp³-hybridized carbons (Fsp3) is 0.636. The number of amides is 1. The van der Waals surface area contributed by atoms with Crippen LogP contribution in [-0.2, 0) is 19.7 Å². The molecule has 0 aliphatic carbocycles. The van der Waals surface area contributed by atoms with Crippen LogP contribution < -0.4 is 4.90 Å². The van der Waals surface area contributed by atoms with Crippen molar-refractivity contribution in [1.82, 2.24) is 4.90 Å². The van der Waals surface area contributed by atoms with Gasteiger partial charge in [0.15, 0.2) is 0 Å². The molecule has 3 heterocycles. The summed E-state index contributed by atoms with van der Waals surface area (Å²) >= 11 is 0. The highest BCUT2D eigenvalue weighted by Gasteiger charge is 2.65. The Morgan fingerprint density at radius 3 is 2.78 bits per heavy atom. The van der Waals surface area contributed by atoms with E-state index in [4.69, 9.17) is 4.74 Å². The number of fused-ring (bicyclic) bond motifs is 4. The van der Waals surface area contributed by atoms with Crippen molar-refractivity contribution in [2.75, 3.05) is 32.1 Å². The second-order valence-electron chi connectivity index (χ2n) is 8.44. The molecule has 3 aliphatic rings. The average Bonchev–Trinajstić information content (AvgIpc) is 3.20. The highest BCUT2D eigenvalue weighted by Crippen LogP contribution is 2.59. The molecule has 3 atom stereocenters. The van der Waals surface area contributed by atoms with Gasteiger partial charge in [0.05, 0.1) is 12.5 Å². The summed E-state index contributed by atoms with van der Waals surface area (Å²) < 4.78 is 4.93. The lowest BCUT2D eigenvalue weighted by Gasteiger charge is -2.52. The van der Waals surface area contributed by atoms with E-state index in [9.17, 15) is 9.59 Å². The average molecular weight is 370 g/mol. The minimum atomic E-state index is -0.474. The minimum absolute atomic E-state index is 0.0309. The van der Waals surface area contributed by atoms with Gasteiger partial charge in [-0.25, -0.2) is 0 Å². The first-order valence-corrected chi connectivity index (χ1v) is 10.2. The standard InChI is InChI=1S/C22H30N2O3/c1-4-21(12-10-18(25)27-3)11-7-14-24-15-13-22(19(21)24)16-8-5-6-9-17(16)23(2)20(22)26/h5-6,8-9,19H,4,7,10-15H2,1-3H3/t19-,21+,22-/m1/s1. The van der Waals surface area contributed by atoms with Crippen molar-refractivity contribution in [1.29, 1.82) is 0 Å². The summed E-state index contributed by atoms with van der Waals surface area (Å²) in [6.07, 6.45) is 5.27. The van der Waals surface area contributed by atoms with Crippen molar-refractivity contribution in [2.45, 2.75) is 56.9 Å². The number of piperidine rings is 1. The molecule has 1 amide bonds. The van der Waals surface area contributed by atoms with Crippen LogP contribution >= 0.6 is 0 Å². The molecule has 2 fully saturated rings. The molecule has 2 saturated heterocycles. The normalized spacial score (nSPS) is 32.6. The van der Waals surface area contributed by atoms with Crippen LogP contribution in [0.1, 0.15) is 51.0 Å². The second-order valence-corrected chi connectivity index (χ2v) is 8.44. The molecule has 0 aromatic heterocycles. The first kappa shape index (κ1) is 18.5. The summed E-state index contributed by atoms with van der Waals surface area (Å²) in [5, 5.41) is 0. The van der Waals surface area contributed by atoms with E-state index in [0.29, 0.717) is 6.42 Å². The maximum absolute atomic E-state index is 13.6. The molecule has 1 aromatic rings. The van der Waals surface area contributed by atoms with E-state index in [-0.39, 0.29) is 23.3 Å². The summed E-state index contributed by atoms with van der Waals surface area (Å²) in [7, 11) is 3.36. The van der Waals surface area contributed by atoms with Crippen molar-refractivity contribution in [3.63, 3.8) is 0 Å². The zero-order valence-electron chi connectivity index (χ0n) is 16.7. The van der Waals surface area contributed by atoms with Crippen molar-refractivity contribution in [2.24, 2.45) is 5.41 Å². The Morgan fingerprint density at radius 1 is 1.26 bits per heavy atom. The first-order chi connectivity index (χ1) is 13.0. The summed E-state index contributed by atoms with van der Waals surface area (Å²) in [5.74, 6) is 0.0799. The van der Waals surface area contributed by atoms with Crippen LogP contribution in [0.25, 0.3) is 0 Å². The molecular weight excluding hydrogens is 340 g/mol. The first-order valence-electron chi connectivity index (χ1n) is 10.2. The molecule has 4 rings (SSSR count). The van der Waals surface area contributed by atoms with Gasteiger partial charge < -0.3 is 9.64 Å². The predicted octanol–water partition coefficient (Wildman–Crippen LogP) is 3.12. The van der Waals surface area contributed by atoms with E-state index >= 15 is 0 Å². The molecule has 1 aromatic carbocycles. The van der Waals surface area contributed by atoms with Crippen LogP contribution in [0.2, 0.25) is 0 Å². The lowest BCUT2D eigenvalue weighted by molar-refractivity contribution is -0.142. The highest BCUT2D eigenvalue weighted by atomic mass is 16.5. The number of hydrogen-bond donors (Lipinski definition) is 0. The Balaban J connectivity index is 1.81. The van der Waals surface area contributed by atoms with Gasteiger partial charge in [-0.3, -0.25) is 14.5 Å². The topological polar surface area (TPSA) is 49.9 Å². The van der Waals surface area contributed by atoms with E-state index in [0.717, 1.165) is 50.9 Å². The number of anilines is 1. The number of rotatable bonds is 4. The molecule has 3 aliphatic heterocycles. The number of para-hydroxylation sites is 1. The third-order valence-electron chi connectivity index (χ3n) is 7.52. The Hall–Kier alpha value is -1.88. The molecule has 5 heteroatoms. The highest BCUT2D eigenvalue weighted by molar-refractivity contribution is 6.08. The third-order valence-corrected chi connectivity index (χ3v) is 7.52. The molecule has 0 unspecified atom stereocenters. The van der Waals surface area contributed by atoms with Gasteiger partial charge in [0, 0.05) is 25.2 Å². The fourth-order valence-corrected chi connectivity index (χ4v) is 6.25. The molecule has 0 radical (unpaired) electrons. The smallest absolute Gasteiger partial charge is 0.305 e. The molecule has 0 bridgehead atoms. The van der Waals surface area contributed by atoms with Crippen molar-refractivity contribution in [3.8, 4) is 0 Å². The van der Waals surface area contributed by atoms with Gasteiger partial charge in [-0.1, -0.05) is 25.1 Å². The maximum Gasteiger partial charge on any atom is 0.305 e. The van der Waals surface area contributed by atoms with E-state index in [2.05, 4.69) is 30.0 Å². The number of benzene rings is 1. The lowest BCUT2D eigenvalue weighted by atomic mass is 9.58. The molecular formula is C22H30N2O3. The number of hydrogen-bond acceptors (Lipinski definition) is 4. The summed E-state index contributed by atoms with van der Waals surface area (Å²) in [5.41, 5.74) is 1.73. The minimum Gasteiger partial charge on any atom is -0.469 e. The quantitative estimate of drug-likeness (QED) is 0.764. The maximum atomic E-state index is 13.6. The second kappa shape index (κ2) is 6.62. The SMILES string of the molecule is CC[C@@]1(CCC(=O)OC)CCCN2CC[C@]3(C(=O)N(C)c4ccccc43)[C@H]21. The molecule has 27 heavy (non-hydrogen) atoms. The van der Waals surface area contributed by atoms with Gasteiger partial charge in [-0.2, -0.15) is 0 Å². The monoisotopic (exact) mass is 370 g/mol. The summed E-state index contributed by atoms with van der Waals surface area (Å²) in [6, 6.07) is 8.44. The van der Waals surface area contributed by atoms with Gasteiger partial charge >= 0.3 is 5.97 Å². The van der Waals surface area contributed by atoms with Crippen molar-refractivity contribution in [3.05, 3.63) is 29.8 Å². The number of esters is 1. The van der Waals surface area contributed by atoms with Crippen LogP contribution in [0.4, 0.5) is 5.69 Å². The van der Waals surface area contributed by atoms with E-state index in [1.807, 2.05) is 18.0 Å². The summed E-state index contributed by atoms with van der Waals surface area (Å²) in [4.78, 5) is 30.0. The van der Waals surface area contributed by atoms with Gasteiger partial charge in [-0.05, 0) is 62.2 Å². The number of ether oxygens (including phenoxy) is 1. The fourth-order valence-electron chi connectivity index (χ4n) is 6.25. The number of carbonyl (C=O) groups excluding carboxylic acids is 2. The van der Waals surface area contributed by atoms with Gasteiger partial charge in [0.1, 0.15) is 0 Å². The largest absolute Gasteiger partial charge is 0.469 e. The van der Waals surface area contributed by atoms with E-state index in [1.54, 1.807) is 0 Å². The third kappa shape index (κ3) is 2.47. The Labute approximate surface area is 161 Å². The van der Waals surface area contributed by atoms with E-state index in [1.165, 1.54) is 12.7 Å². The zero-order chi connectivity index (χ0) is 19.2. The Bertz CT molecular complexity index is 764. The lowest BCUT2D eigenvalue weighted by Crippen LogP contribution is -2.59. The van der Waals surface area contributed by atoms with Crippen LogP contribution in [0.15, 0.2) is 24.3 Å². The zero-order valence-corrected chi connectivity index (χ0v) is 16.7. The van der Waals surface area contributed by atoms with Gasteiger partial charge in [0.25, 0.3) is 0 Å². The van der Waals surface area contributed by atoms with Crippen molar-refractivity contribution >= 4 is 17.6 Å². The molecule has 5 nitrogen and oxygen atoms in total. The Morgan fingerprint density at radius 2 is 2.04 bits per heavy atom.